The molecule has 0 spiro atoms. The Bertz CT molecular complexity index is 917. The quantitative estimate of drug-likeness (QED) is 0.605. The van der Waals surface area contributed by atoms with Crippen molar-refractivity contribution in [1.29, 1.82) is 0 Å². The van der Waals surface area contributed by atoms with Gasteiger partial charge in [-0.2, -0.15) is 4.98 Å². The van der Waals surface area contributed by atoms with Crippen LogP contribution in [0.2, 0.25) is 0 Å². The van der Waals surface area contributed by atoms with Crippen LogP contribution < -0.4 is 24.4 Å². The molecule has 1 aromatic heterocycles. The van der Waals surface area contributed by atoms with E-state index < -0.39 is 0 Å². The van der Waals surface area contributed by atoms with Crippen LogP contribution in [-0.4, -0.2) is 48.8 Å². The van der Waals surface area contributed by atoms with E-state index in [1.165, 1.54) is 19.2 Å². The third-order valence-electron chi connectivity index (χ3n) is 5.94. The zero-order valence-electron chi connectivity index (χ0n) is 19.0. The lowest BCUT2D eigenvalue weighted by Crippen LogP contribution is -2.26. The summed E-state index contributed by atoms with van der Waals surface area (Å²) in [4.78, 5) is 22.5. The van der Waals surface area contributed by atoms with Gasteiger partial charge < -0.3 is 24.4 Å². The van der Waals surface area contributed by atoms with E-state index in [4.69, 9.17) is 14.2 Å². The minimum Gasteiger partial charge on any atom is -0.489 e. The highest BCUT2D eigenvalue weighted by Gasteiger charge is 2.30. The summed E-state index contributed by atoms with van der Waals surface area (Å²) in [5.41, 5.74) is 1.05. The van der Waals surface area contributed by atoms with Gasteiger partial charge in [0.2, 0.25) is 11.7 Å². The van der Waals surface area contributed by atoms with E-state index >= 15 is 0 Å². The Morgan fingerprint density at radius 3 is 2.69 bits per heavy atom. The molecular formula is C24H32N4O4. The summed E-state index contributed by atoms with van der Waals surface area (Å²) in [7, 11) is 1.63. The van der Waals surface area contributed by atoms with Crippen molar-refractivity contribution < 1.29 is 19.0 Å². The first-order chi connectivity index (χ1) is 15.6. The number of anilines is 1. The second-order valence-corrected chi connectivity index (χ2v) is 8.48. The molecule has 1 aliphatic carbocycles. The molecule has 32 heavy (non-hydrogen) atoms. The number of hydrogen-bond acceptors (Lipinski definition) is 7. The van der Waals surface area contributed by atoms with E-state index in [1.54, 1.807) is 7.11 Å². The summed E-state index contributed by atoms with van der Waals surface area (Å²) in [6.45, 7) is 6.03. The predicted octanol–water partition coefficient (Wildman–Crippen LogP) is 3.52. The van der Waals surface area contributed by atoms with E-state index in [-0.39, 0.29) is 18.1 Å². The molecule has 2 aliphatic rings. The fraction of sp³-hybridized carbons (Fsp3) is 0.542. The normalized spacial score (nSPS) is 18.8. The van der Waals surface area contributed by atoms with Gasteiger partial charge in [0.1, 0.15) is 18.2 Å². The predicted molar refractivity (Wildman–Crippen MR) is 121 cm³/mol. The molecule has 8 heteroatoms. The molecule has 1 saturated carbocycles. The SMILES string of the molecule is CCC(=O)N[C@@H](C)c1ccc(OC2CCN(c3ncnc(OCC4CC4)c3OC)C2)cc1. The van der Waals surface area contributed by atoms with E-state index in [1.807, 2.05) is 38.1 Å². The molecule has 0 bridgehead atoms. The van der Waals surface area contributed by atoms with E-state index in [0.29, 0.717) is 37.1 Å². The lowest BCUT2D eigenvalue weighted by atomic mass is 10.1. The Hall–Kier alpha value is -3.03. The molecule has 172 valence electrons. The zero-order chi connectivity index (χ0) is 22.5. The molecule has 1 N–H and O–H groups in total. The van der Waals surface area contributed by atoms with Gasteiger partial charge in [-0.05, 0) is 43.4 Å². The average Bonchev–Trinajstić information content (AvgIpc) is 3.54. The van der Waals surface area contributed by atoms with Gasteiger partial charge in [-0.25, -0.2) is 4.98 Å². The van der Waals surface area contributed by atoms with E-state index in [2.05, 4.69) is 20.2 Å². The second kappa shape index (κ2) is 10.1. The van der Waals surface area contributed by atoms with Crippen LogP contribution in [0.15, 0.2) is 30.6 Å². The van der Waals surface area contributed by atoms with Gasteiger partial charge in [0.05, 0.1) is 26.3 Å². The Kier molecular flexibility index (Phi) is 6.97. The number of nitrogens with zero attached hydrogens (tertiary/aromatic N) is 3. The minimum atomic E-state index is -0.0277. The summed E-state index contributed by atoms with van der Waals surface area (Å²) in [5.74, 6) is 3.34. The number of carbonyl (C=O) groups is 1. The molecule has 0 radical (unpaired) electrons. The zero-order valence-corrected chi connectivity index (χ0v) is 19.0. The van der Waals surface area contributed by atoms with Crippen LogP contribution in [0.5, 0.6) is 17.4 Å². The van der Waals surface area contributed by atoms with Crippen molar-refractivity contribution in [3.05, 3.63) is 36.2 Å². The molecule has 1 aromatic carbocycles. The van der Waals surface area contributed by atoms with Gasteiger partial charge in [0.15, 0.2) is 5.82 Å². The van der Waals surface area contributed by atoms with Gasteiger partial charge in [-0.3, -0.25) is 4.79 Å². The van der Waals surface area contributed by atoms with Crippen molar-refractivity contribution in [2.24, 2.45) is 5.92 Å². The van der Waals surface area contributed by atoms with Crippen LogP contribution in [-0.2, 0) is 4.79 Å². The van der Waals surface area contributed by atoms with Crippen LogP contribution in [0.3, 0.4) is 0 Å². The number of aromatic nitrogens is 2. The molecule has 2 fully saturated rings. The number of nitrogens with one attached hydrogen (secondary N) is 1. The summed E-state index contributed by atoms with van der Waals surface area (Å²) < 4.78 is 17.7. The van der Waals surface area contributed by atoms with Gasteiger partial charge in [0.25, 0.3) is 5.88 Å². The first-order valence-corrected chi connectivity index (χ1v) is 11.4. The summed E-state index contributed by atoms with van der Waals surface area (Å²) in [6.07, 6.45) is 5.39. The number of carbonyl (C=O) groups excluding carboxylic acids is 1. The maximum absolute atomic E-state index is 11.6. The number of benzene rings is 1. The number of ether oxygens (including phenoxy) is 3. The Balaban J connectivity index is 1.35. The fourth-order valence-electron chi connectivity index (χ4n) is 3.81. The second-order valence-electron chi connectivity index (χ2n) is 8.48. The highest BCUT2D eigenvalue weighted by atomic mass is 16.5. The first kappa shape index (κ1) is 22.2. The molecule has 2 atom stereocenters. The molecule has 2 heterocycles. The highest BCUT2D eigenvalue weighted by Crippen LogP contribution is 2.37. The van der Waals surface area contributed by atoms with Crippen molar-refractivity contribution in [3.63, 3.8) is 0 Å². The van der Waals surface area contributed by atoms with Crippen LogP contribution in [0.25, 0.3) is 0 Å². The van der Waals surface area contributed by atoms with Crippen molar-refractivity contribution >= 4 is 11.7 Å². The van der Waals surface area contributed by atoms with E-state index in [9.17, 15) is 4.79 Å². The number of hydrogen-bond donors (Lipinski definition) is 1. The van der Waals surface area contributed by atoms with Crippen LogP contribution in [0.1, 0.15) is 51.1 Å². The number of methoxy groups -OCH3 is 1. The Morgan fingerprint density at radius 1 is 1.22 bits per heavy atom. The molecular weight excluding hydrogens is 408 g/mol. The summed E-state index contributed by atoms with van der Waals surface area (Å²) >= 11 is 0. The monoisotopic (exact) mass is 440 g/mol. The summed E-state index contributed by atoms with van der Waals surface area (Å²) in [5, 5.41) is 2.98. The molecule has 1 unspecified atom stereocenters. The molecule has 8 nitrogen and oxygen atoms in total. The van der Waals surface area contributed by atoms with Crippen LogP contribution >= 0.6 is 0 Å². The van der Waals surface area contributed by atoms with Crippen LogP contribution in [0, 0.1) is 5.92 Å². The smallest absolute Gasteiger partial charge is 0.262 e. The van der Waals surface area contributed by atoms with Gasteiger partial charge in [0, 0.05) is 19.4 Å². The molecule has 2 aromatic rings. The standard InChI is InChI=1S/C24H32N4O4/c1-4-21(29)27-16(2)18-7-9-19(10-8-18)32-20-11-12-28(13-20)23-22(30-3)24(26-15-25-23)31-14-17-5-6-17/h7-10,15-17,20H,4-6,11-14H2,1-3H3,(H,27,29)/t16-,20?/m0/s1. The van der Waals surface area contributed by atoms with Crippen molar-refractivity contribution in [2.75, 3.05) is 31.7 Å². The topological polar surface area (TPSA) is 85.8 Å². The third kappa shape index (κ3) is 5.41. The van der Waals surface area contributed by atoms with Gasteiger partial charge >= 0.3 is 0 Å². The maximum Gasteiger partial charge on any atom is 0.262 e. The van der Waals surface area contributed by atoms with Gasteiger partial charge in [-0.15, -0.1) is 0 Å². The molecule has 4 rings (SSSR count). The number of rotatable bonds is 10. The first-order valence-electron chi connectivity index (χ1n) is 11.4. The lowest BCUT2D eigenvalue weighted by Gasteiger charge is -2.21. The van der Waals surface area contributed by atoms with E-state index in [0.717, 1.165) is 30.1 Å². The lowest BCUT2D eigenvalue weighted by molar-refractivity contribution is -0.121. The Morgan fingerprint density at radius 2 is 2.00 bits per heavy atom. The Labute approximate surface area is 189 Å². The number of amides is 1. The highest BCUT2D eigenvalue weighted by molar-refractivity contribution is 5.76. The van der Waals surface area contributed by atoms with Crippen molar-refractivity contribution in [2.45, 2.75) is 51.7 Å². The van der Waals surface area contributed by atoms with Crippen molar-refractivity contribution in [1.82, 2.24) is 15.3 Å². The van der Waals surface area contributed by atoms with Gasteiger partial charge in [-0.1, -0.05) is 19.1 Å². The summed E-state index contributed by atoms with van der Waals surface area (Å²) in [6, 6.07) is 7.89. The third-order valence-corrected chi connectivity index (χ3v) is 5.94. The van der Waals surface area contributed by atoms with Crippen molar-refractivity contribution in [3.8, 4) is 17.4 Å². The molecule has 1 aliphatic heterocycles. The largest absolute Gasteiger partial charge is 0.489 e. The maximum atomic E-state index is 11.6. The van der Waals surface area contributed by atoms with Crippen LogP contribution in [0.4, 0.5) is 5.82 Å². The minimum absolute atomic E-state index is 0.0277. The molecule has 1 saturated heterocycles. The molecule has 1 amide bonds. The average molecular weight is 441 g/mol. The fourth-order valence-corrected chi connectivity index (χ4v) is 3.81.